The second kappa shape index (κ2) is 7.12. The summed E-state index contributed by atoms with van der Waals surface area (Å²) in [4.78, 5) is 5.45. The summed E-state index contributed by atoms with van der Waals surface area (Å²) >= 11 is 2.99. The number of aromatic nitrogens is 3. The second-order valence-electron chi connectivity index (χ2n) is 5.01. The number of hydrogen-bond donors (Lipinski definition) is 0. The highest BCUT2D eigenvalue weighted by atomic mass is 32.2. The van der Waals surface area contributed by atoms with Crippen molar-refractivity contribution in [3.05, 3.63) is 53.7 Å². The van der Waals surface area contributed by atoms with Gasteiger partial charge in [-0.25, -0.2) is 4.98 Å². The molecule has 0 aliphatic heterocycles. The molecule has 3 aromatic heterocycles. The van der Waals surface area contributed by atoms with Crippen LogP contribution in [0.15, 0.2) is 62.1 Å². The minimum Gasteiger partial charge on any atom is -0.497 e. The lowest BCUT2D eigenvalue weighted by Gasteiger charge is -1.99. The van der Waals surface area contributed by atoms with Gasteiger partial charge in [0.05, 0.1) is 17.7 Å². The van der Waals surface area contributed by atoms with E-state index in [1.165, 1.54) is 11.8 Å². The maximum absolute atomic E-state index is 5.65. The van der Waals surface area contributed by atoms with Crippen LogP contribution < -0.4 is 4.74 Å². The quantitative estimate of drug-likeness (QED) is 0.453. The molecule has 0 unspecified atom stereocenters. The number of methoxy groups -OCH3 is 1. The molecule has 0 fully saturated rings. The van der Waals surface area contributed by atoms with Crippen LogP contribution in [-0.2, 0) is 5.75 Å². The highest BCUT2D eigenvalue weighted by Gasteiger charge is 2.12. The van der Waals surface area contributed by atoms with Crippen molar-refractivity contribution in [1.82, 2.24) is 15.2 Å². The van der Waals surface area contributed by atoms with Gasteiger partial charge in [0.2, 0.25) is 5.89 Å². The first-order valence-corrected chi connectivity index (χ1v) is 9.27. The Morgan fingerprint density at radius 2 is 2.00 bits per heavy atom. The number of ether oxygens (including phenoxy) is 1. The van der Waals surface area contributed by atoms with E-state index in [-0.39, 0.29) is 0 Å². The smallest absolute Gasteiger partial charge is 0.277 e. The first-order valence-electron chi connectivity index (χ1n) is 7.41. The van der Waals surface area contributed by atoms with Crippen LogP contribution in [0.4, 0.5) is 0 Å². The van der Waals surface area contributed by atoms with Crippen LogP contribution in [0, 0.1) is 0 Å². The molecule has 0 spiro atoms. The van der Waals surface area contributed by atoms with Gasteiger partial charge in [-0.1, -0.05) is 17.8 Å². The number of thioether (sulfide) groups is 1. The van der Waals surface area contributed by atoms with Crippen molar-refractivity contribution < 1.29 is 13.6 Å². The molecule has 6 nitrogen and oxygen atoms in total. The standard InChI is InChI=1S/C17H13N3O3S2/c1-21-13-6-4-11(5-7-13)15-18-12(9-22-15)10-25-17-20-19-16(23-17)14-3-2-8-24-14/h2-9H,10H2,1H3. The summed E-state index contributed by atoms with van der Waals surface area (Å²) in [6.07, 6.45) is 1.64. The Labute approximate surface area is 151 Å². The second-order valence-corrected chi connectivity index (χ2v) is 6.89. The number of rotatable bonds is 6. The summed E-state index contributed by atoms with van der Waals surface area (Å²) in [5, 5.41) is 10.6. The highest BCUT2D eigenvalue weighted by molar-refractivity contribution is 7.98. The maximum atomic E-state index is 5.65. The van der Waals surface area contributed by atoms with E-state index in [4.69, 9.17) is 13.6 Å². The Morgan fingerprint density at radius 1 is 1.12 bits per heavy atom. The number of hydrogen-bond acceptors (Lipinski definition) is 8. The van der Waals surface area contributed by atoms with E-state index in [9.17, 15) is 0 Å². The zero-order valence-electron chi connectivity index (χ0n) is 13.2. The van der Waals surface area contributed by atoms with Gasteiger partial charge in [0.1, 0.15) is 12.0 Å². The Kier molecular flexibility index (Phi) is 4.53. The van der Waals surface area contributed by atoms with Crippen LogP contribution in [0.1, 0.15) is 5.69 Å². The minimum atomic E-state index is 0.511. The van der Waals surface area contributed by atoms with Crippen molar-refractivity contribution in [3.63, 3.8) is 0 Å². The summed E-state index contributed by atoms with van der Waals surface area (Å²) in [5.41, 5.74) is 1.71. The highest BCUT2D eigenvalue weighted by Crippen LogP contribution is 2.29. The number of oxazole rings is 1. The van der Waals surface area contributed by atoms with Gasteiger partial charge in [-0.2, -0.15) is 0 Å². The summed E-state index contributed by atoms with van der Waals surface area (Å²) in [7, 11) is 1.64. The van der Waals surface area contributed by atoms with E-state index in [0.29, 0.717) is 22.8 Å². The van der Waals surface area contributed by atoms with E-state index in [1.807, 2.05) is 41.8 Å². The third-order valence-electron chi connectivity index (χ3n) is 3.37. The largest absolute Gasteiger partial charge is 0.497 e. The predicted molar refractivity (Wildman–Crippen MR) is 95.7 cm³/mol. The molecular weight excluding hydrogens is 358 g/mol. The van der Waals surface area contributed by atoms with Gasteiger partial charge in [-0.15, -0.1) is 21.5 Å². The third-order valence-corrected chi connectivity index (χ3v) is 5.08. The topological polar surface area (TPSA) is 74.2 Å². The first-order chi connectivity index (χ1) is 12.3. The average Bonchev–Trinajstić information content (AvgIpc) is 3.41. The van der Waals surface area contributed by atoms with E-state index >= 15 is 0 Å². The molecular formula is C17H13N3O3S2. The molecule has 4 aromatic rings. The first kappa shape index (κ1) is 15.9. The van der Waals surface area contributed by atoms with Crippen molar-refractivity contribution in [2.45, 2.75) is 11.0 Å². The molecule has 8 heteroatoms. The molecule has 4 rings (SSSR count). The van der Waals surface area contributed by atoms with Crippen LogP contribution in [0.3, 0.4) is 0 Å². The molecule has 3 heterocycles. The summed E-state index contributed by atoms with van der Waals surface area (Å²) < 4.78 is 16.3. The fourth-order valence-electron chi connectivity index (χ4n) is 2.14. The molecule has 0 radical (unpaired) electrons. The SMILES string of the molecule is COc1ccc(-c2nc(CSc3nnc(-c4cccs4)o3)co2)cc1. The Bertz CT molecular complexity index is 946. The normalized spacial score (nSPS) is 10.9. The van der Waals surface area contributed by atoms with E-state index in [2.05, 4.69) is 15.2 Å². The fourth-order valence-corrected chi connectivity index (χ4v) is 3.43. The van der Waals surface area contributed by atoms with E-state index in [0.717, 1.165) is 21.9 Å². The molecule has 0 saturated heterocycles. The predicted octanol–water partition coefficient (Wildman–Crippen LogP) is 4.75. The van der Waals surface area contributed by atoms with Crippen molar-refractivity contribution in [2.75, 3.05) is 7.11 Å². The molecule has 0 aliphatic rings. The Hall–Kier alpha value is -2.58. The number of benzene rings is 1. The fraction of sp³-hybridized carbons (Fsp3) is 0.118. The Morgan fingerprint density at radius 3 is 2.76 bits per heavy atom. The number of nitrogens with zero attached hydrogens (tertiary/aromatic N) is 3. The van der Waals surface area contributed by atoms with Gasteiger partial charge >= 0.3 is 0 Å². The van der Waals surface area contributed by atoms with Crippen LogP contribution in [0.5, 0.6) is 5.75 Å². The van der Waals surface area contributed by atoms with Crippen molar-refractivity contribution >= 4 is 23.1 Å². The van der Waals surface area contributed by atoms with Crippen LogP contribution in [0.2, 0.25) is 0 Å². The number of thiophene rings is 1. The Balaban J connectivity index is 1.41. The van der Waals surface area contributed by atoms with Crippen LogP contribution >= 0.6 is 23.1 Å². The lowest BCUT2D eigenvalue weighted by Crippen LogP contribution is -1.84. The van der Waals surface area contributed by atoms with Gasteiger partial charge in [-0.3, -0.25) is 0 Å². The zero-order valence-corrected chi connectivity index (χ0v) is 14.8. The van der Waals surface area contributed by atoms with Crippen molar-refractivity contribution in [2.24, 2.45) is 0 Å². The van der Waals surface area contributed by atoms with Crippen molar-refractivity contribution in [1.29, 1.82) is 0 Å². The molecule has 0 atom stereocenters. The molecule has 0 bridgehead atoms. The lowest BCUT2D eigenvalue weighted by molar-refractivity contribution is 0.415. The molecule has 0 saturated carbocycles. The summed E-state index contributed by atoms with van der Waals surface area (Å²) in [5.74, 6) is 2.50. The van der Waals surface area contributed by atoms with Gasteiger partial charge < -0.3 is 13.6 Å². The maximum Gasteiger partial charge on any atom is 0.277 e. The van der Waals surface area contributed by atoms with Crippen LogP contribution in [-0.4, -0.2) is 22.3 Å². The molecule has 1 aromatic carbocycles. The molecule has 126 valence electrons. The third kappa shape index (κ3) is 3.59. The zero-order chi connectivity index (χ0) is 17.1. The lowest BCUT2D eigenvalue weighted by atomic mass is 10.2. The minimum absolute atomic E-state index is 0.511. The van der Waals surface area contributed by atoms with E-state index in [1.54, 1.807) is 24.7 Å². The van der Waals surface area contributed by atoms with Gasteiger partial charge in [0, 0.05) is 11.3 Å². The van der Waals surface area contributed by atoms with Gasteiger partial charge in [0.15, 0.2) is 0 Å². The van der Waals surface area contributed by atoms with Gasteiger partial charge in [0.25, 0.3) is 11.1 Å². The average molecular weight is 371 g/mol. The van der Waals surface area contributed by atoms with Gasteiger partial charge in [-0.05, 0) is 35.7 Å². The summed E-state index contributed by atoms with van der Waals surface area (Å²) in [6, 6.07) is 11.5. The molecule has 0 N–H and O–H groups in total. The monoisotopic (exact) mass is 371 g/mol. The molecule has 25 heavy (non-hydrogen) atoms. The van der Waals surface area contributed by atoms with Crippen LogP contribution in [0.25, 0.3) is 22.2 Å². The van der Waals surface area contributed by atoms with E-state index < -0.39 is 0 Å². The summed E-state index contributed by atoms with van der Waals surface area (Å²) in [6.45, 7) is 0. The molecule has 0 aliphatic carbocycles. The molecule has 0 amide bonds. The van der Waals surface area contributed by atoms with Crippen molar-refractivity contribution in [3.8, 4) is 28.0 Å².